The number of amides is 2. The van der Waals surface area contributed by atoms with E-state index in [1.54, 1.807) is 30.3 Å². The molecule has 24 heavy (non-hydrogen) atoms. The first-order chi connectivity index (χ1) is 11.5. The van der Waals surface area contributed by atoms with Crippen LogP contribution >= 0.6 is 0 Å². The summed E-state index contributed by atoms with van der Waals surface area (Å²) in [5.41, 5.74) is 1.64. The van der Waals surface area contributed by atoms with Crippen LogP contribution in [0.2, 0.25) is 0 Å². The largest absolute Gasteiger partial charge is 0.342 e. The lowest BCUT2D eigenvalue weighted by Crippen LogP contribution is -2.41. The van der Waals surface area contributed by atoms with Gasteiger partial charge >= 0.3 is 0 Å². The molecule has 2 amide bonds. The first kappa shape index (κ1) is 17.7. The smallest absolute Gasteiger partial charge is 0.254 e. The molecule has 0 radical (unpaired) electrons. The highest BCUT2D eigenvalue weighted by molar-refractivity contribution is 5.96. The number of carbonyl (C=O) groups excluding carboxylic acids is 2. The lowest BCUT2D eigenvalue weighted by atomic mass is 10.1. The van der Waals surface area contributed by atoms with Crippen molar-refractivity contribution in [2.45, 2.75) is 20.4 Å². The van der Waals surface area contributed by atoms with Crippen molar-refractivity contribution in [3.8, 4) is 0 Å². The molecule has 0 aliphatic heterocycles. The molecule has 1 aromatic heterocycles. The molecule has 1 heterocycles. The summed E-state index contributed by atoms with van der Waals surface area (Å²) in [4.78, 5) is 27.7. The Morgan fingerprint density at radius 2 is 1.79 bits per heavy atom. The third kappa shape index (κ3) is 4.44. The Morgan fingerprint density at radius 3 is 2.33 bits per heavy atom. The van der Waals surface area contributed by atoms with Crippen LogP contribution in [0.5, 0.6) is 0 Å². The maximum Gasteiger partial charge on any atom is 0.254 e. The quantitative estimate of drug-likeness (QED) is 0.780. The Kier molecular flexibility index (Phi) is 6.12. The fourth-order valence-electron chi connectivity index (χ4n) is 2.51. The van der Waals surface area contributed by atoms with Crippen LogP contribution in [0.3, 0.4) is 0 Å². The van der Waals surface area contributed by atoms with Crippen molar-refractivity contribution >= 4 is 11.8 Å². The van der Waals surface area contributed by atoms with Gasteiger partial charge < -0.3 is 9.80 Å². The highest BCUT2D eigenvalue weighted by Crippen LogP contribution is 2.09. The third-order valence-electron chi connectivity index (χ3n) is 3.94. The molecular weight excluding hydrogens is 304 g/mol. The minimum Gasteiger partial charge on any atom is -0.342 e. The molecule has 0 N–H and O–H groups in total. The minimum atomic E-state index is -0.152. The lowest BCUT2D eigenvalue weighted by Gasteiger charge is -2.23. The van der Waals surface area contributed by atoms with Gasteiger partial charge in [0.1, 0.15) is 0 Å². The van der Waals surface area contributed by atoms with E-state index in [0.29, 0.717) is 25.2 Å². The molecule has 0 saturated heterocycles. The highest BCUT2D eigenvalue weighted by atomic mass is 16.2. The van der Waals surface area contributed by atoms with E-state index in [-0.39, 0.29) is 18.4 Å². The first-order valence-electron chi connectivity index (χ1n) is 8.14. The fourth-order valence-corrected chi connectivity index (χ4v) is 2.51. The van der Waals surface area contributed by atoms with E-state index in [1.807, 2.05) is 42.9 Å². The second-order valence-electron chi connectivity index (χ2n) is 5.63. The number of hydrogen-bond donors (Lipinski definition) is 0. The van der Waals surface area contributed by atoms with Crippen molar-refractivity contribution < 1.29 is 9.59 Å². The van der Waals surface area contributed by atoms with Crippen LogP contribution in [0.15, 0.2) is 42.7 Å². The molecule has 6 heteroatoms. The van der Waals surface area contributed by atoms with E-state index in [4.69, 9.17) is 0 Å². The van der Waals surface area contributed by atoms with Crippen LogP contribution < -0.4 is 0 Å². The zero-order valence-electron chi connectivity index (χ0n) is 14.5. The SMILES string of the molecule is CCN(CC)C(=O)CN(C)C(=O)c1ccc(Cn2cccn2)cc1. The second kappa shape index (κ2) is 8.29. The summed E-state index contributed by atoms with van der Waals surface area (Å²) >= 11 is 0. The van der Waals surface area contributed by atoms with E-state index >= 15 is 0 Å². The number of aromatic nitrogens is 2. The Bertz CT molecular complexity index is 661. The average Bonchev–Trinajstić information content (AvgIpc) is 3.09. The van der Waals surface area contributed by atoms with Gasteiger partial charge in [0, 0.05) is 38.1 Å². The van der Waals surface area contributed by atoms with E-state index in [9.17, 15) is 9.59 Å². The molecule has 0 atom stereocenters. The van der Waals surface area contributed by atoms with Crippen molar-refractivity contribution in [1.82, 2.24) is 19.6 Å². The van der Waals surface area contributed by atoms with Gasteiger partial charge in [-0.25, -0.2) is 0 Å². The molecule has 6 nitrogen and oxygen atoms in total. The third-order valence-corrected chi connectivity index (χ3v) is 3.94. The summed E-state index contributed by atoms with van der Waals surface area (Å²) in [6.45, 7) is 5.93. The summed E-state index contributed by atoms with van der Waals surface area (Å²) in [5.74, 6) is -0.188. The van der Waals surface area contributed by atoms with E-state index < -0.39 is 0 Å². The molecule has 0 saturated carbocycles. The average molecular weight is 328 g/mol. The Hall–Kier alpha value is -2.63. The van der Waals surface area contributed by atoms with Gasteiger partial charge in [0.25, 0.3) is 5.91 Å². The van der Waals surface area contributed by atoms with Crippen LogP contribution in [0.1, 0.15) is 29.8 Å². The normalized spacial score (nSPS) is 10.5. The number of hydrogen-bond acceptors (Lipinski definition) is 3. The van der Waals surface area contributed by atoms with Crippen molar-refractivity contribution in [2.75, 3.05) is 26.7 Å². The summed E-state index contributed by atoms with van der Waals surface area (Å²) < 4.78 is 1.83. The zero-order chi connectivity index (χ0) is 17.5. The topological polar surface area (TPSA) is 58.4 Å². The lowest BCUT2D eigenvalue weighted by molar-refractivity contribution is -0.131. The second-order valence-corrected chi connectivity index (χ2v) is 5.63. The molecule has 2 rings (SSSR count). The summed E-state index contributed by atoms with van der Waals surface area (Å²) in [6, 6.07) is 9.28. The first-order valence-corrected chi connectivity index (χ1v) is 8.14. The standard InChI is InChI=1S/C18H24N4O2/c1-4-21(5-2)17(23)14-20(3)18(24)16-9-7-15(8-10-16)13-22-12-6-11-19-22/h6-12H,4-5,13-14H2,1-3H3. The van der Waals surface area contributed by atoms with Gasteiger partial charge in [0.2, 0.25) is 5.91 Å². The van der Waals surface area contributed by atoms with Crippen LogP contribution in [-0.2, 0) is 11.3 Å². The van der Waals surface area contributed by atoms with Gasteiger partial charge in [0.05, 0.1) is 13.1 Å². The van der Waals surface area contributed by atoms with Gasteiger partial charge in [-0.15, -0.1) is 0 Å². The van der Waals surface area contributed by atoms with Gasteiger partial charge in [-0.1, -0.05) is 12.1 Å². The Morgan fingerprint density at radius 1 is 1.12 bits per heavy atom. The van der Waals surface area contributed by atoms with Gasteiger partial charge in [-0.2, -0.15) is 5.10 Å². The monoisotopic (exact) mass is 328 g/mol. The van der Waals surface area contributed by atoms with E-state index in [2.05, 4.69) is 5.10 Å². The summed E-state index contributed by atoms with van der Waals surface area (Å²) in [7, 11) is 1.65. The van der Waals surface area contributed by atoms with Crippen molar-refractivity contribution in [1.29, 1.82) is 0 Å². The maximum atomic E-state index is 12.4. The molecular formula is C18H24N4O2. The predicted octanol–water partition coefficient (Wildman–Crippen LogP) is 1.87. The number of rotatable bonds is 7. The number of carbonyl (C=O) groups is 2. The Labute approximate surface area is 142 Å². The molecule has 0 spiro atoms. The molecule has 128 valence electrons. The number of benzene rings is 1. The molecule has 0 unspecified atom stereocenters. The van der Waals surface area contributed by atoms with Crippen molar-refractivity contribution in [3.63, 3.8) is 0 Å². The fraction of sp³-hybridized carbons (Fsp3) is 0.389. The van der Waals surface area contributed by atoms with Gasteiger partial charge in [-0.05, 0) is 37.6 Å². The summed E-state index contributed by atoms with van der Waals surface area (Å²) in [6.07, 6.45) is 3.63. The zero-order valence-corrected chi connectivity index (χ0v) is 14.5. The Balaban J connectivity index is 1.97. The molecule has 0 fully saturated rings. The minimum absolute atomic E-state index is 0.0360. The number of likely N-dealkylation sites (N-methyl/N-ethyl adjacent to an activating group) is 2. The van der Waals surface area contributed by atoms with Crippen LogP contribution in [0.25, 0.3) is 0 Å². The van der Waals surface area contributed by atoms with E-state index in [0.717, 1.165) is 5.56 Å². The molecule has 2 aromatic rings. The number of nitrogens with zero attached hydrogens (tertiary/aromatic N) is 4. The highest BCUT2D eigenvalue weighted by Gasteiger charge is 2.17. The van der Waals surface area contributed by atoms with Crippen molar-refractivity contribution in [2.24, 2.45) is 0 Å². The maximum absolute atomic E-state index is 12.4. The molecule has 0 aliphatic carbocycles. The van der Waals surface area contributed by atoms with E-state index in [1.165, 1.54) is 4.90 Å². The molecule has 1 aromatic carbocycles. The van der Waals surface area contributed by atoms with Gasteiger partial charge in [0.15, 0.2) is 0 Å². The summed E-state index contributed by atoms with van der Waals surface area (Å²) in [5, 5.41) is 4.16. The predicted molar refractivity (Wildman–Crippen MR) is 92.7 cm³/mol. The molecule has 0 aliphatic rings. The van der Waals surface area contributed by atoms with Crippen LogP contribution in [-0.4, -0.2) is 58.1 Å². The van der Waals surface area contributed by atoms with Gasteiger partial charge in [-0.3, -0.25) is 14.3 Å². The van der Waals surface area contributed by atoms with Crippen LogP contribution in [0.4, 0.5) is 0 Å². The van der Waals surface area contributed by atoms with Crippen LogP contribution in [0, 0.1) is 0 Å². The molecule has 0 bridgehead atoms. The van der Waals surface area contributed by atoms with Crippen molar-refractivity contribution in [3.05, 3.63) is 53.9 Å².